The second kappa shape index (κ2) is 6.63. The van der Waals surface area contributed by atoms with Crippen molar-refractivity contribution >= 4 is 24.5 Å². The van der Waals surface area contributed by atoms with Crippen molar-refractivity contribution in [2.45, 2.75) is 31.9 Å². The molecule has 0 amide bonds. The molecule has 2 aromatic carbocycles. The lowest BCUT2D eigenvalue weighted by Gasteiger charge is -2.44. The van der Waals surface area contributed by atoms with E-state index < -0.39 is 14.4 Å². The van der Waals surface area contributed by atoms with E-state index >= 15 is 0 Å². The van der Waals surface area contributed by atoms with E-state index in [9.17, 15) is 4.79 Å². The Bertz CT molecular complexity index is 652. The monoisotopic (exact) mass is 340 g/mol. The minimum Gasteiger partial charge on any atom is -0.395 e. The average molecular weight is 340 g/mol. The fraction of sp³-hybridized carbons (Fsp3) is 0.350. The molecule has 3 nitrogen and oxygen atoms in total. The van der Waals surface area contributed by atoms with Gasteiger partial charge in [0.15, 0.2) is 5.78 Å². The third-order valence-corrected chi connectivity index (χ3v) is 9.65. The predicted octanol–water partition coefficient (Wildman–Crippen LogP) is 2.53. The molecule has 126 valence electrons. The quantitative estimate of drug-likeness (QED) is 0.803. The van der Waals surface area contributed by atoms with E-state index in [2.05, 4.69) is 45.0 Å². The Kier molecular flexibility index (Phi) is 4.72. The summed E-state index contributed by atoms with van der Waals surface area (Å²) >= 11 is 0. The number of Topliss-reactive ketones (excluding diaryl/α,β-unsaturated/α-hetero) is 1. The average Bonchev–Trinajstić information content (AvgIpc) is 2.98. The second-order valence-electron chi connectivity index (χ2n) is 7.25. The van der Waals surface area contributed by atoms with Crippen molar-refractivity contribution in [3.63, 3.8) is 0 Å². The predicted molar refractivity (Wildman–Crippen MR) is 98.3 cm³/mol. The van der Waals surface area contributed by atoms with Crippen LogP contribution in [-0.2, 0) is 14.0 Å². The number of carbonyl (C=O) groups excluding carboxylic acids is 1. The van der Waals surface area contributed by atoms with Crippen molar-refractivity contribution < 1.29 is 14.0 Å². The zero-order chi connectivity index (χ0) is 17.2. The molecule has 0 radical (unpaired) electrons. The van der Waals surface area contributed by atoms with Gasteiger partial charge in [-0.1, -0.05) is 81.4 Å². The van der Waals surface area contributed by atoms with Crippen LogP contribution in [0.4, 0.5) is 0 Å². The number of carbonyl (C=O) groups is 1. The van der Waals surface area contributed by atoms with Crippen LogP contribution in [0, 0.1) is 0 Å². The fourth-order valence-corrected chi connectivity index (χ4v) is 8.10. The Balaban J connectivity index is 2.19. The molecular formula is C20H24O3Si. The number of ketones is 1. The lowest BCUT2D eigenvalue weighted by molar-refractivity contribution is -0.122. The Morgan fingerprint density at radius 3 is 1.83 bits per heavy atom. The third-order valence-electron chi connectivity index (χ3n) is 4.61. The molecule has 2 aromatic rings. The van der Waals surface area contributed by atoms with Crippen molar-refractivity contribution in [2.75, 3.05) is 13.2 Å². The van der Waals surface area contributed by atoms with E-state index in [1.54, 1.807) is 0 Å². The largest absolute Gasteiger partial charge is 0.395 e. The molecule has 0 bridgehead atoms. The van der Waals surface area contributed by atoms with Crippen molar-refractivity contribution in [3.05, 3.63) is 60.7 Å². The van der Waals surface area contributed by atoms with Crippen molar-refractivity contribution in [2.24, 2.45) is 0 Å². The van der Waals surface area contributed by atoms with Gasteiger partial charge in [-0.05, 0) is 15.4 Å². The fourth-order valence-electron chi connectivity index (χ4n) is 3.46. The summed E-state index contributed by atoms with van der Waals surface area (Å²) in [6.07, 6.45) is -0.476. The van der Waals surface area contributed by atoms with Gasteiger partial charge < -0.3 is 9.16 Å². The smallest absolute Gasteiger partial charge is 0.262 e. The van der Waals surface area contributed by atoms with Gasteiger partial charge in [0.05, 0.1) is 6.61 Å². The summed E-state index contributed by atoms with van der Waals surface area (Å²) in [4.78, 5) is 12.2. The van der Waals surface area contributed by atoms with Crippen molar-refractivity contribution in [1.82, 2.24) is 0 Å². The number of hydrogen-bond donors (Lipinski definition) is 0. The molecule has 3 rings (SSSR count). The van der Waals surface area contributed by atoms with Gasteiger partial charge in [0.25, 0.3) is 8.32 Å². The highest BCUT2D eigenvalue weighted by molar-refractivity contribution is 6.99. The Hall–Kier alpha value is -1.75. The van der Waals surface area contributed by atoms with Crippen LogP contribution in [0.3, 0.4) is 0 Å². The number of hydrogen-bond acceptors (Lipinski definition) is 3. The van der Waals surface area contributed by atoms with Crippen LogP contribution in [0.15, 0.2) is 60.7 Å². The molecule has 0 unspecified atom stereocenters. The Morgan fingerprint density at radius 1 is 0.958 bits per heavy atom. The van der Waals surface area contributed by atoms with E-state index in [0.717, 1.165) is 0 Å². The molecule has 1 saturated heterocycles. The summed E-state index contributed by atoms with van der Waals surface area (Å²) in [5, 5.41) is 2.24. The minimum absolute atomic E-state index is 0.0444. The van der Waals surface area contributed by atoms with Crippen LogP contribution < -0.4 is 10.4 Å². The van der Waals surface area contributed by atoms with Gasteiger partial charge in [-0.15, -0.1) is 0 Å². The zero-order valence-corrected chi connectivity index (χ0v) is 15.5. The lowest BCUT2D eigenvalue weighted by atomic mass is 10.2. The molecule has 0 aliphatic carbocycles. The van der Waals surface area contributed by atoms with Crippen molar-refractivity contribution in [1.29, 1.82) is 0 Å². The molecule has 0 saturated carbocycles. The topological polar surface area (TPSA) is 35.5 Å². The highest BCUT2D eigenvalue weighted by atomic mass is 28.4. The number of benzene rings is 2. The first kappa shape index (κ1) is 17.1. The number of ether oxygens (including phenoxy) is 1. The molecule has 1 aliphatic rings. The van der Waals surface area contributed by atoms with Crippen LogP contribution in [0.2, 0.25) is 5.04 Å². The van der Waals surface area contributed by atoms with Gasteiger partial charge in [-0.25, -0.2) is 0 Å². The molecule has 24 heavy (non-hydrogen) atoms. The van der Waals surface area contributed by atoms with Gasteiger partial charge in [-0.2, -0.15) is 0 Å². The second-order valence-corrected chi connectivity index (χ2v) is 11.5. The molecule has 0 spiro atoms. The summed E-state index contributed by atoms with van der Waals surface area (Å²) in [6, 6.07) is 20.7. The molecule has 1 heterocycles. The molecule has 1 aliphatic heterocycles. The standard InChI is InChI=1S/C20H24O3Si/c1-20(2,3)24(16-10-6-4-7-11-16,17-12-8-5-9-13-17)23-19-15-22-14-18(19)21/h4-13,19H,14-15H2,1-3H3/t19-/m1/s1. The maximum atomic E-state index is 12.2. The first-order valence-corrected chi connectivity index (χ1v) is 10.3. The highest BCUT2D eigenvalue weighted by Crippen LogP contribution is 2.37. The van der Waals surface area contributed by atoms with Gasteiger partial charge in [0.2, 0.25) is 0 Å². The van der Waals surface area contributed by atoms with Crippen LogP contribution in [0.5, 0.6) is 0 Å². The first-order valence-electron chi connectivity index (χ1n) is 8.34. The maximum absolute atomic E-state index is 12.2. The van der Waals surface area contributed by atoms with E-state index in [1.165, 1.54) is 10.4 Å². The summed E-state index contributed by atoms with van der Waals surface area (Å²) in [6.45, 7) is 7.13. The summed E-state index contributed by atoms with van der Waals surface area (Å²) in [5.41, 5.74) is 0. The molecule has 1 atom stereocenters. The van der Waals surface area contributed by atoms with E-state index in [1.807, 2.05) is 36.4 Å². The zero-order valence-electron chi connectivity index (χ0n) is 14.5. The Labute approximate surface area is 144 Å². The lowest BCUT2D eigenvalue weighted by Crippen LogP contribution is -2.68. The van der Waals surface area contributed by atoms with Gasteiger partial charge in [-0.3, -0.25) is 4.79 Å². The van der Waals surface area contributed by atoms with E-state index in [4.69, 9.17) is 9.16 Å². The number of rotatable bonds is 4. The normalized spacial score (nSPS) is 18.8. The molecule has 1 fully saturated rings. The van der Waals surface area contributed by atoms with Crippen LogP contribution in [0.1, 0.15) is 20.8 Å². The first-order chi connectivity index (χ1) is 11.4. The Morgan fingerprint density at radius 2 is 1.46 bits per heavy atom. The van der Waals surface area contributed by atoms with Crippen LogP contribution in [0.25, 0.3) is 0 Å². The summed E-state index contributed by atoms with van der Waals surface area (Å²) in [7, 11) is -2.66. The molecule has 0 aromatic heterocycles. The third kappa shape index (κ3) is 2.97. The maximum Gasteiger partial charge on any atom is 0.262 e. The minimum atomic E-state index is -2.66. The summed E-state index contributed by atoms with van der Waals surface area (Å²) in [5.74, 6) is 0.0444. The highest BCUT2D eigenvalue weighted by Gasteiger charge is 2.52. The molecular weight excluding hydrogens is 316 g/mol. The molecule has 4 heteroatoms. The van der Waals surface area contributed by atoms with Crippen LogP contribution >= 0.6 is 0 Å². The summed E-state index contributed by atoms with van der Waals surface area (Å²) < 4.78 is 12.1. The molecule has 0 N–H and O–H groups in total. The van der Waals surface area contributed by atoms with Gasteiger partial charge in [0.1, 0.15) is 12.7 Å². The van der Waals surface area contributed by atoms with Crippen molar-refractivity contribution in [3.8, 4) is 0 Å². The van der Waals surface area contributed by atoms with Gasteiger partial charge >= 0.3 is 0 Å². The SMILES string of the molecule is CC(C)(C)[Si](O[C@@H]1COCC1=O)(c1ccccc1)c1ccccc1. The van der Waals surface area contributed by atoms with E-state index in [0.29, 0.717) is 6.61 Å². The van der Waals surface area contributed by atoms with Crippen LogP contribution in [-0.4, -0.2) is 33.4 Å². The van der Waals surface area contributed by atoms with Gasteiger partial charge in [0, 0.05) is 0 Å². The van der Waals surface area contributed by atoms with E-state index in [-0.39, 0.29) is 17.4 Å².